The molecule has 0 fully saturated rings. The average Bonchev–Trinajstić information content (AvgIpc) is 2.27. The summed E-state index contributed by atoms with van der Waals surface area (Å²) in [5, 5.41) is 9.83. The van der Waals surface area contributed by atoms with E-state index in [1.807, 2.05) is 25.1 Å². The Morgan fingerprint density at radius 3 is 2.81 bits per heavy atom. The SMILES string of the molecule is COc1c(C)cccc1CC(O)CCCN. The Balaban J connectivity index is 2.69. The van der Waals surface area contributed by atoms with Crippen LogP contribution in [0.4, 0.5) is 0 Å². The minimum Gasteiger partial charge on any atom is -0.496 e. The fourth-order valence-electron chi connectivity index (χ4n) is 1.88. The number of benzene rings is 1. The van der Waals surface area contributed by atoms with Crippen molar-refractivity contribution in [3.63, 3.8) is 0 Å². The Morgan fingerprint density at radius 2 is 2.19 bits per heavy atom. The quantitative estimate of drug-likeness (QED) is 0.771. The largest absolute Gasteiger partial charge is 0.496 e. The number of ether oxygens (including phenoxy) is 1. The molecule has 1 aromatic carbocycles. The zero-order valence-electron chi connectivity index (χ0n) is 10.1. The fraction of sp³-hybridized carbons (Fsp3) is 0.538. The van der Waals surface area contributed by atoms with E-state index in [4.69, 9.17) is 10.5 Å². The summed E-state index contributed by atoms with van der Waals surface area (Å²) in [6, 6.07) is 5.99. The molecule has 0 heterocycles. The first-order valence-corrected chi connectivity index (χ1v) is 5.69. The molecular formula is C13H21NO2. The van der Waals surface area contributed by atoms with Gasteiger partial charge in [-0.3, -0.25) is 0 Å². The lowest BCUT2D eigenvalue weighted by molar-refractivity contribution is 0.162. The third-order valence-electron chi connectivity index (χ3n) is 2.69. The van der Waals surface area contributed by atoms with Crippen molar-refractivity contribution in [2.75, 3.05) is 13.7 Å². The molecule has 0 aliphatic rings. The molecule has 0 bridgehead atoms. The highest BCUT2D eigenvalue weighted by Gasteiger charge is 2.10. The summed E-state index contributed by atoms with van der Waals surface area (Å²) < 4.78 is 5.35. The molecule has 1 rings (SSSR count). The van der Waals surface area contributed by atoms with E-state index in [0.717, 1.165) is 29.7 Å². The number of methoxy groups -OCH3 is 1. The number of hydrogen-bond donors (Lipinski definition) is 2. The topological polar surface area (TPSA) is 55.5 Å². The van der Waals surface area contributed by atoms with Crippen LogP contribution in [0.2, 0.25) is 0 Å². The van der Waals surface area contributed by atoms with Crippen molar-refractivity contribution in [2.24, 2.45) is 5.73 Å². The molecule has 0 aliphatic carbocycles. The Kier molecular flexibility index (Phi) is 5.29. The Bertz CT molecular complexity index is 326. The molecular weight excluding hydrogens is 202 g/mol. The van der Waals surface area contributed by atoms with Crippen LogP contribution in [0.25, 0.3) is 0 Å². The van der Waals surface area contributed by atoms with Gasteiger partial charge in [-0.25, -0.2) is 0 Å². The number of nitrogens with two attached hydrogens (primary N) is 1. The summed E-state index contributed by atoms with van der Waals surface area (Å²) in [4.78, 5) is 0. The van der Waals surface area contributed by atoms with Gasteiger partial charge >= 0.3 is 0 Å². The first-order chi connectivity index (χ1) is 7.69. The van der Waals surface area contributed by atoms with Crippen molar-refractivity contribution in [1.82, 2.24) is 0 Å². The van der Waals surface area contributed by atoms with Gasteiger partial charge in [0.15, 0.2) is 0 Å². The van der Waals surface area contributed by atoms with Gasteiger partial charge in [-0.2, -0.15) is 0 Å². The van der Waals surface area contributed by atoms with Crippen molar-refractivity contribution < 1.29 is 9.84 Å². The maximum Gasteiger partial charge on any atom is 0.125 e. The van der Waals surface area contributed by atoms with E-state index in [1.165, 1.54) is 0 Å². The zero-order valence-corrected chi connectivity index (χ0v) is 10.1. The Morgan fingerprint density at radius 1 is 1.44 bits per heavy atom. The molecule has 0 amide bonds. The van der Waals surface area contributed by atoms with Crippen LogP contribution in [0, 0.1) is 6.92 Å². The summed E-state index contributed by atoms with van der Waals surface area (Å²) >= 11 is 0. The molecule has 0 spiro atoms. The lowest BCUT2D eigenvalue weighted by Gasteiger charge is -2.14. The van der Waals surface area contributed by atoms with Crippen LogP contribution in [0.15, 0.2) is 18.2 Å². The summed E-state index contributed by atoms with van der Waals surface area (Å²) in [6.45, 7) is 2.64. The number of aliphatic hydroxyl groups is 1. The second-order valence-electron chi connectivity index (χ2n) is 4.06. The number of aryl methyl sites for hydroxylation is 1. The molecule has 0 aliphatic heterocycles. The van der Waals surface area contributed by atoms with Gasteiger partial charge < -0.3 is 15.6 Å². The highest BCUT2D eigenvalue weighted by atomic mass is 16.5. The minimum absolute atomic E-state index is 0.334. The summed E-state index contributed by atoms with van der Waals surface area (Å²) in [5.41, 5.74) is 7.58. The van der Waals surface area contributed by atoms with Gasteiger partial charge in [0.2, 0.25) is 0 Å². The molecule has 1 aromatic rings. The van der Waals surface area contributed by atoms with Gasteiger partial charge in [-0.15, -0.1) is 0 Å². The molecule has 16 heavy (non-hydrogen) atoms. The van der Waals surface area contributed by atoms with E-state index in [2.05, 4.69) is 0 Å². The first kappa shape index (κ1) is 13.0. The van der Waals surface area contributed by atoms with Gasteiger partial charge in [-0.05, 0) is 37.4 Å². The fourth-order valence-corrected chi connectivity index (χ4v) is 1.88. The van der Waals surface area contributed by atoms with Crippen LogP contribution < -0.4 is 10.5 Å². The number of rotatable bonds is 6. The summed E-state index contributed by atoms with van der Waals surface area (Å²) in [5.74, 6) is 0.884. The van der Waals surface area contributed by atoms with Crippen molar-refractivity contribution in [1.29, 1.82) is 0 Å². The lowest BCUT2D eigenvalue weighted by Crippen LogP contribution is -2.13. The second-order valence-corrected chi connectivity index (χ2v) is 4.06. The minimum atomic E-state index is -0.334. The van der Waals surface area contributed by atoms with E-state index >= 15 is 0 Å². The normalized spacial score (nSPS) is 12.5. The van der Waals surface area contributed by atoms with E-state index in [1.54, 1.807) is 7.11 Å². The van der Waals surface area contributed by atoms with Gasteiger partial charge in [0.05, 0.1) is 13.2 Å². The van der Waals surface area contributed by atoms with E-state index in [-0.39, 0.29) is 6.10 Å². The predicted molar refractivity (Wildman–Crippen MR) is 65.7 cm³/mol. The van der Waals surface area contributed by atoms with Crippen LogP contribution in [-0.2, 0) is 6.42 Å². The summed E-state index contributed by atoms with van der Waals surface area (Å²) in [7, 11) is 1.66. The maximum atomic E-state index is 9.83. The van der Waals surface area contributed by atoms with Gasteiger partial charge in [0.25, 0.3) is 0 Å². The third-order valence-corrected chi connectivity index (χ3v) is 2.69. The molecule has 0 radical (unpaired) electrons. The molecule has 90 valence electrons. The van der Waals surface area contributed by atoms with Crippen LogP contribution >= 0.6 is 0 Å². The third kappa shape index (κ3) is 3.51. The predicted octanol–water partition coefficient (Wildman–Crippen LogP) is 1.65. The molecule has 0 saturated heterocycles. The highest BCUT2D eigenvalue weighted by Crippen LogP contribution is 2.24. The number of hydrogen-bond acceptors (Lipinski definition) is 3. The second kappa shape index (κ2) is 6.51. The molecule has 0 aromatic heterocycles. The van der Waals surface area contributed by atoms with Crippen LogP contribution in [0.1, 0.15) is 24.0 Å². The summed E-state index contributed by atoms with van der Waals surface area (Å²) in [6.07, 6.45) is 1.90. The highest BCUT2D eigenvalue weighted by molar-refractivity contribution is 5.41. The molecule has 1 unspecified atom stereocenters. The van der Waals surface area contributed by atoms with Crippen molar-refractivity contribution in [3.8, 4) is 5.75 Å². The molecule has 1 atom stereocenters. The van der Waals surface area contributed by atoms with E-state index in [9.17, 15) is 5.11 Å². The van der Waals surface area contributed by atoms with Crippen molar-refractivity contribution in [2.45, 2.75) is 32.3 Å². The van der Waals surface area contributed by atoms with Crippen LogP contribution in [0.3, 0.4) is 0 Å². The van der Waals surface area contributed by atoms with Crippen LogP contribution in [0.5, 0.6) is 5.75 Å². The maximum absolute atomic E-state index is 9.83. The molecule has 0 saturated carbocycles. The van der Waals surface area contributed by atoms with E-state index in [0.29, 0.717) is 13.0 Å². The molecule has 3 heteroatoms. The van der Waals surface area contributed by atoms with Gasteiger partial charge in [0, 0.05) is 6.42 Å². The Labute approximate surface area is 97.2 Å². The lowest BCUT2D eigenvalue weighted by atomic mass is 10.0. The standard InChI is InChI=1S/C13H21NO2/c1-10-5-3-6-11(13(10)16-2)9-12(15)7-4-8-14/h3,5-6,12,15H,4,7-9,14H2,1-2H3. The van der Waals surface area contributed by atoms with Gasteiger partial charge in [-0.1, -0.05) is 18.2 Å². The van der Waals surface area contributed by atoms with Crippen molar-refractivity contribution in [3.05, 3.63) is 29.3 Å². The number of para-hydroxylation sites is 1. The Hall–Kier alpha value is -1.06. The average molecular weight is 223 g/mol. The smallest absolute Gasteiger partial charge is 0.125 e. The number of aliphatic hydroxyl groups excluding tert-OH is 1. The van der Waals surface area contributed by atoms with E-state index < -0.39 is 0 Å². The van der Waals surface area contributed by atoms with Crippen molar-refractivity contribution >= 4 is 0 Å². The van der Waals surface area contributed by atoms with Crippen LogP contribution in [-0.4, -0.2) is 24.9 Å². The zero-order chi connectivity index (χ0) is 12.0. The molecule has 3 N–H and O–H groups in total. The monoisotopic (exact) mass is 223 g/mol. The first-order valence-electron chi connectivity index (χ1n) is 5.69. The van der Waals surface area contributed by atoms with Gasteiger partial charge in [0.1, 0.15) is 5.75 Å². The molecule has 3 nitrogen and oxygen atoms in total.